The summed E-state index contributed by atoms with van der Waals surface area (Å²) >= 11 is 0. The van der Waals surface area contributed by atoms with Crippen LogP contribution in [0.2, 0.25) is 0 Å². The highest BCUT2D eigenvalue weighted by Gasteiger charge is 2.22. The first-order chi connectivity index (χ1) is 15.3. The largest absolute Gasteiger partial charge is 0.206 e. The van der Waals surface area contributed by atoms with Gasteiger partial charge in [0, 0.05) is 16.7 Å². The Balaban J connectivity index is 1.75. The molecule has 5 heteroatoms. The molecule has 1 aliphatic rings. The van der Waals surface area contributed by atoms with Gasteiger partial charge in [0.15, 0.2) is 23.3 Å². The molecule has 0 saturated carbocycles. The molecule has 3 aromatic carbocycles. The smallest absolute Gasteiger partial charge is 0.167 e. The lowest BCUT2D eigenvalue weighted by atomic mass is 9.86. The zero-order chi connectivity index (χ0) is 23.0. The molecular weight excluding hydrogens is 419 g/mol. The predicted octanol–water partition coefficient (Wildman–Crippen LogP) is 8.05. The number of fused-ring (bicyclic) bond motifs is 1. The van der Waals surface area contributed by atoms with Crippen LogP contribution in [0.15, 0.2) is 36.4 Å². The van der Waals surface area contributed by atoms with Crippen molar-refractivity contribution < 1.29 is 22.0 Å². The summed E-state index contributed by atoms with van der Waals surface area (Å²) in [6.07, 6.45) is 4.00. The van der Waals surface area contributed by atoms with Gasteiger partial charge in [-0.05, 0) is 65.6 Å². The fraction of sp³-hybridized carbons (Fsp3) is 0.259. The maximum Gasteiger partial charge on any atom is 0.167 e. The van der Waals surface area contributed by atoms with E-state index < -0.39 is 29.1 Å². The highest BCUT2D eigenvalue weighted by molar-refractivity contribution is 5.85. The molecule has 0 radical (unpaired) electrons. The molecule has 0 bridgehead atoms. The van der Waals surface area contributed by atoms with Gasteiger partial charge in [0.2, 0.25) is 0 Å². The topological polar surface area (TPSA) is 0 Å². The normalized spacial score (nSPS) is 13.2. The van der Waals surface area contributed by atoms with Crippen LogP contribution in [0.3, 0.4) is 0 Å². The Morgan fingerprint density at radius 1 is 0.688 bits per heavy atom. The molecule has 4 rings (SSSR count). The Morgan fingerprint density at radius 3 is 2.06 bits per heavy atom. The van der Waals surface area contributed by atoms with E-state index in [1.165, 1.54) is 24.3 Å². The lowest BCUT2D eigenvalue weighted by Crippen LogP contribution is -2.05. The molecule has 0 aliphatic heterocycles. The average Bonchev–Trinajstić information content (AvgIpc) is 2.78. The summed E-state index contributed by atoms with van der Waals surface area (Å²) in [4.78, 5) is 0. The molecule has 0 N–H and O–H groups in total. The van der Waals surface area contributed by atoms with Crippen molar-refractivity contribution >= 4 is 11.6 Å². The van der Waals surface area contributed by atoms with Gasteiger partial charge in [-0.1, -0.05) is 50.6 Å². The summed E-state index contributed by atoms with van der Waals surface area (Å²) in [6.45, 7) is 3.61. The number of benzene rings is 3. The van der Waals surface area contributed by atoms with E-state index in [-0.39, 0.29) is 22.3 Å². The van der Waals surface area contributed by atoms with Gasteiger partial charge in [-0.2, -0.15) is 0 Å². The predicted molar refractivity (Wildman–Crippen MR) is 118 cm³/mol. The van der Waals surface area contributed by atoms with Crippen molar-refractivity contribution in [2.24, 2.45) is 0 Å². The van der Waals surface area contributed by atoms with E-state index in [4.69, 9.17) is 0 Å². The molecule has 3 aromatic rings. The standard InChI is InChI=1S/C27H23F5/c1-3-5-16-9-10-20(26(31)25(16)30)18-7-6-17-13-22(23(28)14-19(17)12-18)21-11-8-15(4-2)24(29)27(21)32/h8-14H,3-7H2,1-2H3. The second kappa shape index (κ2) is 8.89. The van der Waals surface area contributed by atoms with E-state index in [1.807, 2.05) is 6.92 Å². The Labute approximate surface area is 184 Å². The molecule has 0 amide bonds. The maximum absolute atomic E-state index is 14.9. The Hall–Kier alpha value is -2.95. The maximum atomic E-state index is 14.9. The summed E-state index contributed by atoms with van der Waals surface area (Å²) in [5.74, 6) is -4.47. The molecule has 166 valence electrons. The molecular formula is C27H23F5. The van der Waals surface area contributed by atoms with Gasteiger partial charge in [-0.15, -0.1) is 0 Å². The fourth-order valence-corrected chi connectivity index (χ4v) is 4.30. The average molecular weight is 442 g/mol. The summed E-state index contributed by atoms with van der Waals surface area (Å²) in [5, 5.41) is 0. The second-order valence-electron chi connectivity index (χ2n) is 8.10. The molecule has 0 heterocycles. The van der Waals surface area contributed by atoms with Crippen LogP contribution in [0.1, 0.15) is 54.5 Å². The SMILES string of the molecule is CCCc1ccc(C2=Cc3cc(F)c(-c4ccc(CC)c(F)c4F)cc3CC2)c(F)c1F. The molecule has 0 atom stereocenters. The first-order valence-electron chi connectivity index (χ1n) is 10.8. The third-order valence-corrected chi connectivity index (χ3v) is 6.08. The summed E-state index contributed by atoms with van der Waals surface area (Å²) < 4.78 is 72.8. The number of hydrogen-bond acceptors (Lipinski definition) is 0. The van der Waals surface area contributed by atoms with E-state index in [2.05, 4.69) is 0 Å². The summed E-state index contributed by atoms with van der Waals surface area (Å²) in [5.41, 5.74) is 2.44. The van der Waals surface area contributed by atoms with Crippen LogP contribution in [-0.2, 0) is 19.3 Å². The zero-order valence-corrected chi connectivity index (χ0v) is 18.0. The second-order valence-corrected chi connectivity index (χ2v) is 8.10. The third kappa shape index (κ3) is 3.85. The van der Waals surface area contributed by atoms with E-state index in [0.717, 1.165) is 5.56 Å². The van der Waals surface area contributed by atoms with Gasteiger partial charge >= 0.3 is 0 Å². The molecule has 1 aliphatic carbocycles. The number of hydrogen-bond donors (Lipinski definition) is 0. The van der Waals surface area contributed by atoms with Gasteiger partial charge < -0.3 is 0 Å². The van der Waals surface area contributed by atoms with Crippen LogP contribution in [0.25, 0.3) is 22.8 Å². The van der Waals surface area contributed by atoms with E-state index in [0.29, 0.717) is 48.8 Å². The highest BCUT2D eigenvalue weighted by Crippen LogP contribution is 2.37. The molecule has 0 fully saturated rings. The van der Waals surface area contributed by atoms with Gasteiger partial charge in [-0.3, -0.25) is 0 Å². The minimum atomic E-state index is -1.07. The minimum absolute atomic E-state index is 0.0132. The lowest BCUT2D eigenvalue weighted by molar-refractivity contribution is 0.495. The summed E-state index contributed by atoms with van der Waals surface area (Å²) in [6, 6.07) is 8.77. The van der Waals surface area contributed by atoms with Crippen molar-refractivity contribution in [2.45, 2.75) is 46.0 Å². The number of rotatable bonds is 5. The molecule has 0 unspecified atom stereocenters. The third-order valence-electron chi connectivity index (χ3n) is 6.08. The lowest BCUT2D eigenvalue weighted by Gasteiger charge is -2.20. The zero-order valence-electron chi connectivity index (χ0n) is 18.0. The fourth-order valence-electron chi connectivity index (χ4n) is 4.30. The van der Waals surface area contributed by atoms with Crippen LogP contribution in [0.4, 0.5) is 22.0 Å². The van der Waals surface area contributed by atoms with E-state index >= 15 is 0 Å². The first-order valence-corrected chi connectivity index (χ1v) is 10.8. The quantitative estimate of drug-likeness (QED) is 0.351. The van der Waals surface area contributed by atoms with Crippen LogP contribution in [0, 0.1) is 29.1 Å². The van der Waals surface area contributed by atoms with E-state index in [9.17, 15) is 22.0 Å². The van der Waals surface area contributed by atoms with Crippen molar-refractivity contribution in [3.8, 4) is 11.1 Å². The van der Waals surface area contributed by atoms with Crippen molar-refractivity contribution in [1.82, 2.24) is 0 Å². The van der Waals surface area contributed by atoms with Crippen LogP contribution >= 0.6 is 0 Å². The summed E-state index contributed by atoms with van der Waals surface area (Å²) in [7, 11) is 0. The van der Waals surface area contributed by atoms with E-state index in [1.54, 1.807) is 25.1 Å². The minimum Gasteiger partial charge on any atom is -0.206 e. The van der Waals surface area contributed by atoms with Crippen molar-refractivity contribution in [2.75, 3.05) is 0 Å². The molecule has 0 aromatic heterocycles. The van der Waals surface area contributed by atoms with Gasteiger partial charge in [-0.25, -0.2) is 22.0 Å². The monoisotopic (exact) mass is 442 g/mol. The Kier molecular flexibility index (Phi) is 6.18. The van der Waals surface area contributed by atoms with Crippen molar-refractivity contribution in [1.29, 1.82) is 0 Å². The molecule has 32 heavy (non-hydrogen) atoms. The molecule has 0 nitrogen and oxygen atoms in total. The number of halogens is 5. The van der Waals surface area contributed by atoms with Crippen molar-refractivity contribution in [3.05, 3.63) is 93.3 Å². The Bertz CT molecular complexity index is 1220. The molecule has 0 saturated heterocycles. The van der Waals surface area contributed by atoms with Crippen molar-refractivity contribution in [3.63, 3.8) is 0 Å². The van der Waals surface area contributed by atoms with Crippen LogP contribution in [0.5, 0.6) is 0 Å². The van der Waals surface area contributed by atoms with Gasteiger partial charge in [0.05, 0.1) is 0 Å². The number of aryl methyl sites for hydroxylation is 3. The Morgan fingerprint density at radius 2 is 1.34 bits per heavy atom. The number of allylic oxidation sites excluding steroid dienone is 1. The van der Waals surface area contributed by atoms with Crippen LogP contribution < -0.4 is 0 Å². The van der Waals surface area contributed by atoms with Gasteiger partial charge in [0.25, 0.3) is 0 Å². The van der Waals surface area contributed by atoms with Crippen LogP contribution in [-0.4, -0.2) is 0 Å². The van der Waals surface area contributed by atoms with Gasteiger partial charge in [0.1, 0.15) is 5.82 Å². The molecule has 0 spiro atoms. The highest BCUT2D eigenvalue weighted by atomic mass is 19.2. The first kappa shape index (κ1) is 22.3.